The summed E-state index contributed by atoms with van der Waals surface area (Å²) in [6, 6.07) is 5.98. The second-order valence-corrected chi connectivity index (χ2v) is 6.59. The summed E-state index contributed by atoms with van der Waals surface area (Å²) in [6.07, 6.45) is 0. The Morgan fingerprint density at radius 3 is 2.58 bits per heavy atom. The summed E-state index contributed by atoms with van der Waals surface area (Å²) in [6.45, 7) is 3.25. The highest BCUT2D eigenvalue weighted by atomic mass is 79.9. The zero-order valence-electron chi connectivity index (χ0n) is 10.3. The van der Waals surface area contributed by atoms with Crippen LogP contribution in [0.2, 0.25) is 0 Å². The lowest BCUT2D eigenvalue weighted by Gasteiger charge is -2.21. The second kappa shape index (κ2) is 5.35. The van der Waals surface area contributed by atoms with Crippen LogP contribution >= 0.6 is 38.9 Å². The fourth-order valence-electron chi connectivity index (χ4n) is 2.06. The molecule has 0 saturated carbocycles. The molecule has 0 N–H and O–H groups in total. The molecule has 2 heterocycles. The van der Waals surface area contributed by atoms with E-state index >= 15 is 0 Å². The van der Waals surface area contributed by atoms with Crippen molar-refractivity contribution >= 4 is 38.9 Å². The van der Waals surface area contributed by atoms with Gasteiger partial charge < -0.3 is 9.47 Å². The predicted molar refractivity (Wildman–Crippen MR) is 81.9 cm³/mol. The highest BCUT2D eigenvalue weighted by molar-refractivity contribution is 9.10. The minimum Gasteiger partial charge on any atom is -0.486 e. The Kier molecular flexibility index (Phi) is 3.74. The van der Waals surface area contributed by atoms with Gasteiger partial charge in [-0.25, -0.2) is 0 Å². The van der Waals surface area contributed by atoms with Crippen molar-refractivity contribution < 1.29 is 9.47 Å². The van der Waals surface area contributed by atoms with Crippen molar-refractivity contribution in [2.24, 2.45) is 0 Å². The van der Waals surface area contributed by atoms with Gasteiger partial charge in [-0.05, 0) is 41.6 Å². The van der Waals surface area contributed by atoms with Crippen molar-refractivity contribution in [2.75, 3.05) is 13.2 Å². The van der Waals surface area contributed by atoms with Gasteiger partial charge in [-0.3, -0.25) is 0 Å². The topological polar surface area (TPSA) is 18.5 Å². The van der Waals surface area contributed by atoms with Crippen LogP contribution in [0.4, 0.5) is 0 Å². The van der Waals surface area contributed by atoms with Crippen molar-refractivity contribution in [3.8, 4) is 11.5 Å². The van der Waals surface area contributed by atoms with Crippen LogP contribution in [0.5, 0.6) is 11.5 Å². The van der Waals surface area contributed by atoms with E-state index in [2.05, 4.69) is 34.3 Å². The lowest BCUT2D eigenvalue weighted by atomic mass is 10.1. The molecule has 1 aliphatic rings. The predicted octanol–water partition coefficient (Wildman–Crippen LogP) is 4.92. The summed E-state index contributed by atoms with van der Waals surface area (Å²) in [5.74, 6) is 1.54. The van der Waals surface area contributed by atoms with Crippen molar-refractivity contribution in [2.45, 2.75) is 12.3 Å². The summed E-state index contributed by atoms with van der Waals surface area (Å²) < 4.78 is 12.1. The van der Waals surface area contributed by atoms with E-state index in [0.29, 0.717) is 13.2 Å². The Morgan fingerprint density at radius 1 is 1.26 bits per heavy atom. The van der Waals surface area contributed by atoms with Gasteiger partial charge in [-0.15, -0.1) is 22.9 Å². The number of thiophene rings is 1. The van der Waals surface area contributed by atoms with Crippen molar-refractivity contribution in [1.29, 1.82) is 0 Å². The van der Waals surface area contributed by atoms with Crippen LogP contribution in [0.25, 0.3) is 0 Å². The SMILES string of the molecule is Cc1ccsc1C(Cl)c1cc2c(cc1Br)OCCO2. The van der Waals surface area contributed by atoms with Gasteiger partial charge in [0.25, 0.3) is 0 Å². The second-order valence-electron chi connectivity index (χ2n) is 4.35. The van der Waals surface area contributed by atoms with Gasteiger partial charge in [0.05, 0.1) is 5.38 Å². The van der Waals surface area contributed by atoms with Crippen molar-refractivity contribution in [1.82, 2.24) is 0 Å². The summed E-state index contributed by atoms with van der Waals surface area (Å²) in [5, 5.41) is 1.89. The molecule has 0 amide bonds. The van der Waals surface area contributed by atoms with E-state index in [0.717, 1.165) is 21.5 Å². The third-order valence-corrected chi connectivity index (χ3v) is 5.42. The van der Waals surface area contributed by atoms with E-state index in [1.54, 1.807) is 11.3 Å². The average Bonchev–Trinajstić information content (AvgIpc) is 2.83. The number of halogens is 2. The third kappa shape index (κ3) is 2.49. The molecule has 0 radical (unpaired) electrons. The Hall–Kier alpha value is -0.710. The van der Waals surface area contributed by atoms with Crippen LogP contribution in [0, 0.1) is 6.92 Å². The molecule has 3 rings (SSSR count). The quantitative estimate of drug-likeness (QED) is 0.709. The normalized spacial score (nSPS) is 15.3. The van der Waals surface area contributed by atoms with Gasteiger partial charge in [0, 0.05) is 9.35 Å². The first-order valence-electron chi connectivity index (χ1n) is 5.94. The van der Waals surface area contributed by atoms with Gasteiger partial charge in [0.2, 0.25) is 0 Å². The smallest absolute Gasteiger partial charge is 0.162 e. The fourth-order valence-corrected chi connectivity index (χ4v) is 4.17. The van der Waals surface area contributed by atoms with Crippen LogP contribution in [-0.2, 0) is 0 Å². The molecule has 1 aromatic heterocycles. The van der Waals surface area contributed by atoms with Crippen LogP contribution < -0.4 is 9.47 Å². The van der Waals surface area contributed by atoms with Crippen LogP contribution in [0.3, 0.4) is 0 Å². The Labute approximate surface area is 129 Å². The van der Waals surface area contributed by atoms with Crippen LogP contribution in [0.1, 0.15) is 21.4 Å². The molecule has 0 saturated heterocycles. The first-order chi connectivity index (χ1) is 9.16. The standard InChI is InChI=1S/C14H12BrClO2S/c1-8-2-5-19-14(8)13(16)9-6-11-12(7-10(9)15)18-4-3-17-11/h2,5-7,13H,3-4H2,1H3. The molecule has 5 heteroatoms. The lowest BCUT2D eigenvalue weighted by Crippen LogP contribution is -2.15. The first-order valence-corrected chi connectivity index (χ1v) is 8.05. The van der Waals surface area contributed by atoms with E-state index in [9.17, 15) is 0 Å². The van der Waals surface area contributed by atoms with Gasteiger partial charge in [0.15, 0.2) is 11.5 Å². The first kappa shape index (κ1) is 13.3. The Bertz CT molecular complexity index is 611. The minimum absolute atomic E-state index is 0.176. The van der Waals surface area contributed by atoms with Gasteiger partial charge in [0.1, 0.15) is 13.2 Å². The fraction of sp³-hybridized carbons (Fsp3) is 0.286. The van der Waals surface area contributed by atoms with Crippen LogP contribution in [-0.4, -0.2) is 13.2 Å². The Morgan fingerprint density at radius 2 is 1.95 bits per heavy atom. The molecule has 2 aromatic rings. The van der Waals surface area contributed by atoms with Gasteiger partial charge in [-0.1, -0.05) is 15.9 Å². The maximum atomic E-state index is 6.61. The Balaban J connectivity index is 2.03. The van der Waals surface area contributed by atoms with E-state index in [1.165, 1.54) is 10.4 Å². The number of hydrogen-bond acceptors (Lipinski definition) is 3. The van der Waals surface area contributed by atoms with E-state index in [4.69, 9.17) is 21.1 Å². The number of benzene rings is 1. The number of ether oxygens (including phenoxy) is 2. The third-order valence-electron chi connectivity index (χ3n) is 3.07. The largest absolute Gasteiger partial charge is 0.486 e. The molecule has 1 unspecified atom stereocenters. The number of rotatable bonds is 2. The molecule has 0 spiro atoms. The lowest BCUT2D eigenvalue weighted by molar-refractivity contribution is 0.171. The van der Waals surface area contributed by atoms with Crippen molar-refractivity contribution in [3.63, 3.8) is 0 Å². The highest BCUT2D eigenvalue weighted by Crippen LogP contribution is 2.43. The molecule has 0 bridgehead atoms. The maximum absolute atomic E-state index is 6.61. The molecule has 2 nitrogen and oxygen atoms in total. The summed E-state index contributed by atoms with van der Waals surface area (Å²) in [7, 11) is 0. The monoisotopic (exact) mass is 358 g/mol. The van der Waals surface area contributed by atoms with Gasteiger partial charge >= 0.3 is 0 Å². The molecule has 1 aromatic carbocycles. The molecule has 1 atom stereocenters. The average molecular weight is 360 g/mol. The molecule has 1 aliphatic heterocycles. The zero-order chi connectivity index (χ0) is 13.4. The maximum Gasteiger partial charge on any atom is 0.162 e. The van der Waals surface area contributed by atoms with Crippen LogP contribution in [0.15, 0.2) is 28.1 Å². The van der Waals surface area contributed by atoms with E-state index in [1.807, 2.05) is 12.1 Å². The number of alkyl halides is 1. The summed E-state index contributed by atoms with van der Waals surface area (Å²) in [4.78, 5) is 1.17. The molecule has 100 valence electrons. The summed E-state index contributed by atoms with van der Waals surface area (Å²) >= 11 is 11.9. The van der Waals surface area contributed by atoms with Crippen molar-refractivity contribution in [3.05, 3.63) is 44.1 Å². The molecule has 19 heavy (non-hydrogen) atoms. The minimum atomic E-state index is -0.176. The molecule has 0 fully saturated rings. The molecule has 0 aliphatic carbocycles. The zero-order valence-corrected chi connectivity index (χ0v) is 13.4. The van der Waals surface area contributed by atoms with E-state index in [-0.39, 0.29) is 5.38 Å². The molecular formula is C14H12BrClO2S. The van der Waals surface area contributed by atoms with E-state index < -0.39 is 0 Å². The summed E-state index contributed by atoms with van der Waals surface area (Å²) in [5.41, 5.74) is 2.23. The number of fused-ring (bicyclic) bond motifs is 1. The molecular weight excluding hydrogens is 348 g/mol. The highest BCUT2D eigenvalue weighted by Gasteiger charge is 2.21. The number of aryl methyl sites for hydroxylation is 1. The van der Waals surface area contributed by atoms with Gasteiger partial charge in [-0.2, -0.15) is 0 Å². The number of hydrogen-bond donors (Lipinski definition) is 0.